The van der Waals surface area contributed by atoms with Gasteiger partial charge >= 0.3 is 5.96 Å². The molecular formula is C22H18N5O2+. The summed E-state index contributed by atoms with van der Waals surface area (Å²) in [6.07, 6.45) is 1.54. The first-order valence-corrected chi connectivity index (χ1v) is 9.02. The maximum atomic E-state index is 10.9. The quantitative estimate of drug-likeness (QED) is 0.316. The highest BCUT2D eigenvalue weighted by Gasteiger charge is 2.24. The van der Waals surface area contributed by atoms with Crippen LogP contribution in [0.15, 0.2) is 89.0 Å². The third-order valence-electron chi connectivity index (χ3n) is 4.59. The lowest BCUT2D eigenvalue weighted by molar-refractivity contribution is -0.410. The minimum atomic E-state index is -0.436. The molecule has 29 heavy (non-hydrogen) atoms. The van der Waals surface area contributed by atoms with Crippen molar-refractivity contribution in [1.82, 2.24) is 0 Å². The standard InChI is InChI=1S/C22H18N5O2/c23-22-24-15-21(19-11-9-18(10-12-19)17-6-2-1-3-7-17)26(22)25-14-16-5-4-8-20(13-16)27(28)29/h1-14H,15H2,(H2,23,24)/q+1/b25-14-. The van der Waals surface area contributed by atoms with E-state index in [1.807, 2.05) is 30.3 Å². The molecule has 1 aliphatic heterocycles. The first-order valence-electron chi connectivity index (χ1n) is 9.02. The van der Waals surface area contributed by atoms with Gasteiger partial charge in [-0.3, -0.25) is 15.8 Å². The van der Waals surface area contributed by atoms with Crippen molar-refractivity contribution in [2.45, 2.75) is 0 Å². The molecule has 0 fully saturated rings. The zero-order valence-corrected chi connectivity index (χ0v) is 15.5. The number of benzene rings is 3. The van der Waals surface area contributed by atoms with E-state index in [1.165, 1.54) is 12.1 Å². The summed E-state index contributed by atoms with van der Waals surface area (Å²) in [6.45, 7) is 0.419. The number of nitrogens with two attached hydrogens (primary N) is 1. The molecule has 0 aromatic heterocycles. The number of hydrogen-bond donors (Lipinski definition) is 1. The Morgan fingerprint density at radius 2 is 1.66 bits per heavy atom. The van der Waals surface area contributed by atoms with Crippen LogP contribution in [0.4, 0.5) is 5.69 Å². The molecule has 3 aromatic carbocycles. The van der Waals surface area contributed by atoms with Crippen LogP contribution >= 0.6 is 0 Å². The number of hydrazone groups is 1. The number of hydrogen-bond acceptors (Lipinski definition) is 5. The lowest BCUT2D eigenvalue weighted by Gasteiger charge is -2.04. The normalized spacial score (nSPS) is 13.7. The number of nitrogens with zero attached hydrogens (tertiary/aromatic N) is 4. The molecule has 0 spiro atoms. The van der Waals surface area contributed by atoms with Crippen molar-refractivity contribution < 1.29 is 9.61 Å². The molecule has 0 bridgehead atoms. The molecule has 4 rings (SSSR count). The van der Waals surface area contributed by atoms with Crippen LogP contribution in [-0.4, -0.2) is 34.0 Å². The zero-order valence-electron chi connectivity index (χ0n) is 15.5. The highest BCUT2D eigenvalue weighted by molar-refractivity contribution is 6.04. The lowest BCUT2D eigenvalue weighted by Crippen LogP contribution is -2.26. The van der Waals surface area contributed by atoms with Crippen molar-refractivity contribution in [3.8, 4) is 11.1 Å². The number of nitro groups is 1. The second kappa shape index (κ2) is 7.85. The van der Waals surface area contributed by atoms with E-state index in [0.717, 1.165) is 22.4 Å². The Kier molecular flexibility index (Phi) is 4.94. The van der Waals surface area contributed by atoms with Crippen molar-refractivity contribution in [2.24, 2.45) is 15.8 Å². The van der Waals surface area contributed by atoms with E-state index in [0.29, 0.717) is 12.1 Å². The molecule has 0 saturated carbocycles. The van der Waals surface area contributed by atoms with Gasteiger partial charge in [0.15, 0.2) is 12.3 Å². The summed E-state index contributed by atoms with van der Waals surface area (Å²) in [5, 5.41) is 15.3. The minimum Gasteiger partial charge on any atom is -0.286 e. The third-order valence-corrected chi connectivity index (χ3v) is 4.59. The van der Waals surface area contributed by atoms with Crippen LogP contribution in [0.1, 0.15) is 11.1 Å². The van der Waals surface area contributed by atoms with Gasteiger partial charge in [0, 0.05) is 23.3 Å². The fourth-order valence-electron chi connectivity index (χ4n) is 3.10. The van der Waals surface area contributed by atoms with Crippen molar-refractivity contribution in [1.29, 1.82) is 0 Å². The SMILES string of the molecule is NC1=NCC(c2ccc(-c3ccccc3)cc2)=[N+]1/N=C\c1cccc([N+](=O)[O-])c1. The molecule has 3 aromatic rings. The van der Waals surface area contributed by atoms with Gasteiger partial charge in [-0.2, -0.15) is 0 Å². The topological polar surface area (TPSA) is 96.9 Å². The summed E-state index contributed by atoms with van der Waals surface area (Å²) in [4.78, 5) is 14.8. The van der Waals surface area contributed by atoms with E-state index in [2.05, 4.69) is 34.4 Å². The first-order chi connectivity index (χ1) is 14.1. The van der Waals surface area contributed by atoms with Crippen LogP contribution in [0.5, 0.6) is 0 Å². The molecule has 2 N–H and O–H groups in total. The zero-order chi connectivity index (χ0) is 20.2. The summed E-state index contributed by atoms with van der Waals surface area (Å²) in [5.74, 6) is 0.286. The Morgan fingerprint density at radius 1 is 0.966 bits per heavy atom. The van der Waals surface area contributed by atoms with Gasteiger partial charge in [0.25, 0.3) is 5.69 Å². The molecule has 7 nitrogen and oxygen atoms in total. The Bertz CT molecular complexity index is 1150. The van der Waals surface area contributed by atoms with Gasteiger partial charge in [-0.15, -0.1) is 14.8 Å². The molecule has 7 heteroatoms. The summed E-state index contributed by atoms with van der Waals surface area (Å²) in [6, 6.07) is 24.5. The summed E-state index contributed by atoms with van der Waals surface area (Å²) < 4.78 is 1.57. The molecule has 1 heterocycles. The molecule has 0 amide bonds. The van der Waals surface area contributed by atoms with E-state index in [9.17, 15) is 10.1 Å². The van der Waals surface area contributed by atoms with Crippen LogP contribution in [0.3, 0.4) is 0 Å². The van der Waals surface area contributed by atoms with Crippen molar-refractivity contribution >= 4 is 23.6 Å². The summed E-state index contributed by atoms with van der Waals surface area (Å²) >= 11 is 0. The molecule has 0 unspecified atom stereocenters. The van der Waals surface area contributed by atoms with E-state index in [-0.39, 0.29) is 11.6 Å². The molecular weight excluding hydrogens is 366 g/mol. The Balaban J connectivity index is 1.64. The van der Waals surface area contributed by atoms with E-state index < -0.39 is 4.92 Å². The average Bonchev–Trinajstić information content (AvgIpc) is 3.13. The van der Waals surface area contributed by atoms with Crippen LogP contribution in [0.2, 0.25) is 0 Å². The summed E-state index contributed by atoms with van der Waals surface area (Å²) in [7, 11) is 0. The highest BCUT2D eigenvalue weighted by Crippen LogP contribution is 2.20. The first kappa shape index (κ1) is 18.2. The van der Waals surface area contributed by atoms with Gasteiger partial charge in [-0.05, 0) is 11.1 Å². The van der Waals surface area contributed by atoms with Crippen LogP contribution in [0, 0.1) is 10.1 Å². The maximum absolute atomic E-state index is 10.9. The predicted molar refractivity (Wildman–Crippen MR) is 113 cm³/mol. The summed E-state index contributed by atoms with van der Waals surface area (Å²) in [5.41, 5.74) is 10.7. The third kappa shape index (κ3) is 3.93. The lowest BCUT2D eigenvalue weighted by atomic mass is 10.0. The number of nitro benzene ring substituents is 1. The number of non-ortho nitro benzene ring substituents is 1. The van der Waals surface area contributed by atoms with E-state index in [1.54, 1.807) is 23.0 Å². The largest absolute Gasteiger partial charge is 0.409 e. The Labute approximate surface area is 167 Å². The van der Waals surface area contributed by atoms with Crippen molar-refractivity contribution in [2.75, 3.05) is 6.54 Å². The van der Waals surface area contributed by atoms with Gasteiger partial charge in [-0.1, -0.05) is 66.7 Å². The maximum Gasteiger partial charge on any atom is 0.409 e. The van der Waals surface area contributed by atoms with Gasteiger partial charge in [-0.25, -0.2) is 0 Å². The fraction of sp³-hybridized carbons (Fsp3) is 0.0455. The predicted octanol–water partition coefficient (Wildman–Crippen LogP) is 3.43. The van der Waals surface area contributed by atoms with Gasteiger partial charge in [0.05, 0.1) is 11.1 Å². The van der Waals surface area contributed by atoms with Crippen LogP contribution in [0.25, 0.3) is 11.1 Å². The van der Waals surface area contributed by atoms with Crippen molar-refractivity contribution in [3.63, 3.8) is 0 Å². The molecule has 0 atom stereocenters. The Hall–Kier alpha value is -4.13. The molecule has 0 aliphatic carbocycles. The monoisotopic (exact) mass is 384 g/mol. The van der Waals surface area contributed by atoms with Crippen molar-refractivity contribution in [3.05, 3.63) is 100 Å². The number of guanidine groups is 1. The van der Waals surface area contributed by atoms with Gasteiger partial charge in [0.2, 0.25) is 0 Å². The molecule has 1 aliphatic rings. The second-order valence-electron chi connectivity index (χ2n) is 6.47. The van der Waals surface area contributed by atoms with Crippen LogP contribution in [-0.2, 0) is 0 Å². The fourth-order valence-corrected chi connectivity index (χ4v) is 3.10. The molecule has 0 radical (unpaired) electrons. The smallest absolute Gasteiger partial charge is 0.286 e. The van der Waals surface area contributed by atoms with E-state index in [4.69, 9.17) is 5.73 Å². The highest BCUT2D eigenvalue weighted by atomic mass is 16.6. The second-order valence-corrected chi connectivity index (χ2v) is 6.47. The number of rotatable bonds is 5. The van der Waals surface area contributed by atoms with Crippen LogP contribution < -0.4 is 5.73 Å². The van der Waals surface area contributed by atoms with Gasteiger partial charge < -0.3 is 0 Å². The minimum absolute atomic E-state index is 0.0118. The molecule has 0 saturated heterocycles. The Morgan fingerprint density at radius 3 is 2.38 bits per heavy atom. The number of aliphatic imine (C=N–C) groups is 1. The average molecular weight is 384 g/mol. The molecule has 142 valence electrons. The van der Waals surface area contributed by atoms with E-state index >= 15 is 0 Å². The van der Waals surface area contributed by atoms with Gasteiger partial charge in [0.1, 0.15) is 0 Å².